The van der Waals surface area contributed by atoms with Gasteiger partial charge in [-0.2, -0.15) is 18.2 Å². The number of halogens is 4. The lowest BCUT2D eigenvalue weighted by molar-refractivity contribution is -0.177. The molecule has 0 radical (unpaired) electrons. The third-order valence-corrected chi connectivity index (χ3v) is 2.45. The van der Waals surface area contributed by atoms with Crippen molar-refractivity contribution in [2.75, 3.05) is 12.3 Å². The second kappa shape index (κ2) is 5.68. The number of anilines is 1. The van der Waals surface area contributed by atoms with Gasteiger partial charge in [0.05, 0.1) is 5.56 Å². The summed E-state index contributed by atoms with van der Waals surface area (Å²) in [5, 5.41) is 3.92. The molecule has 1 aromatic heterocycles. The molecular weight excluding hydrogens is 299 g/mol. The van der Waals surface area contributed by atoms with Crippen molar-refractivity contribution in [1.29, 1.82) is 0 Å². The maximum atomic E-state index is 11.9. The summed E-state index contributed by atoms with van der Waals surface area (Å²) < 4.78 is 45.0. The minimum atomic E-state index is -4.40. The largest absolute Gasteiger partial charge is 0.411 e. The highest BCUT2D eigenvalue weighted by Crippen LogP contribution is 2.27. The van der Waals surface area contributed by atoms with Gasteiger partial charge in [0.1, 0.15) is 13.2 Å². The number of aromatic nitrogens is 2. The van der Waals surface area contributed by atoms with Gasteiger partial charge in [0.25, 0.3) is 5.89 Å². The summed E-state index contributed by atoms with van der Waals surface area (Å²) in [7, 11) is 0. The summed E-state index contributed by atoms with van der Waals surface area (Å²) in [4.78, 5) is 3.89. The smallest absolute Gasteiger partial charge is 0.398 e. The highest BCUT2D eigenvalue weighted by atomic mass is 35.5. The number of nitrogen functional groups attached to an aromatic ring is 1. The van der Waals surface area contributed by atoms with Crippen LogP contribution >= 0.6 is 11.6 Å². The van der Waals surface area contributed by atoms with Crippen molar-refractivity contribution < 1.29 is 22.4 Å². The number of ether oxygens (including phenoxy) is 1. The summed E-state index contributed by atoms with van der Waals surface area (Å²) in [5.74, 6) is 0.0548. The fourth-order valence-corrected chi connectivity index (χ4v) is 1.57. The predicted octanol–water partition coefficient (Wildman–Crippen LogP) is 3.05. The minimum absolute atomic E-state index is 0.0105. The molecule has 2 rings (SSSR count). The molecule has 2 aromatic rings. The first kappa shape index (κ1) is 14.6. The van der Waals surface area contributed by atoms with Gasteiger partial charge >= 0.3 is 6.18 Å². The van der Waals surface area contributed by atoms with Gasteiger partial charge in [-0.15, -0.1) is 0 Å². The van der Waals surface area contributed by atoms with Crippen molar-refractivity contribution in [3.63, 3.8) is 0 Å². The molecule has 5 nitrogen and oxygen atoms in total. The van der Waals surface area contributed by atoms with Crippen LogP contribution in [0.4, 0.5) is 18.9 Å². The second-order valence-electron chi connectivity index (χ2n) is 3.86. The summed E-state index contributed by atoms with van der Waals surface area (Å²) in [6, 6.07) is 4.66. The standard InChI is InChI=1S/C11H9ClF3N3O2/c12-6-1-2-8(16)7(3-6)10-17-9(18-20-10)4-19-5-11(13,14)15/h1-3H,4-5,16H2. The first-order valence-corrected chi connectivity index (χ1v) is 5.75. The molecule has 0 aliphatic heterocycles. The summed E-state index contributed by atoms with van der Waals surface area (Å²) >= 11 is 5.81. The van der Waals surface area contributed by atoms with Crippen LogP contribution < -0.4 is 5.73 Å². The third-order valence-electron chi connectivity index (χ3n) is 2.21. The summed E-state index contributed by atoms with van der Waals surface area (Å²) in [6.45, 7) is -1.79. The Morgan fingerprint density at radius 2 is 2.10 bits per heavy atom. The highest BCUT2D eigenvalue weighted by Gasteiger charge is 2.27. The van der Waals surface area contributed by atoms with Gasteiger partial charge in [-0.3, -0.25) is 0 Å². The van der Waals surface area contributed by atoms with Crippen molar-refractivity contribution in [3.05, 3.63) is 29.0 Å². The number of benzene rings is 1. The third kappa shape index (κ3) is 3.84. The monoisotopic (exact) mass is 307 g/mol. The van der Waals surface area contributed by atoms with Crippen LogP contribution in [0, 0.1) is 0 Å². The van der Waals surface area contributed by atoms with Gasteiger partial charge in [-0.25, -0.2) is 0 Å². The Balaban J connectivity index is 2.07. The fourth-order valence-electron chi connectivity index (χ4n) is 1.39. The number of alkyl halides is 3. The van der Waals surface area contributed by atoms with Crippen LogP contribution in [0.25, 0.3) is 11.5 Å². The zero-order valence-corrected chi connectivity index (χ0v) is 10.7. The van der Waals surface area contributed by atoms with Gasteiger partial charge in [0.15, 0.2) is 5.82 Å². The maximum Gasteiger partial charge on any atom is 0.411 e. The molecule has 0 aliphatic carbocycles. The molecule has 0 bridgehead atoms. The molecule has 0 amide bonds. The molecule has 0 atom stereocenters. The minimum Gasteiger partial charge on any atom is -0.398 e. The summed E-state index contributed by atoms with van der Waals surface area (Å²) in [6.07, 6.45) is -4.40. The van der Waals surface area contributed by atoms with Gasteiger partial charge in [0, 0.05) is 10.7 Å². The Kier molecular flexibility index (Phi) is 4.15. The van der Waals surface area contributed by atoms with Crippen LogP contribution in [-0.2, 0) is 11.3 Å². The lowest BCUT2D eigenvalue weighted by atomic mass is 10.2. The van der Waals surface area contributed by atoms with E-state index < -0.39 is 19.4 Å². The molecule has 9 heteroatoms. The molecule has 1 aromatic carbocycles. The van der Waals surface area contributed by atoms with Gasteiger partial charge < -0.3 is 15.0 Å². The van der Waals surface area contributed by atoms with Gasteiger partial charge in [-0.05, 0) is 18.2 Å². The molecule has 20 heavy (non-hydrogen) atoms. The van der Waals surface area contributed by atoms with E-state index in [0.717, 1.165) is 0 Å². The van der Waals surface area contributed by atoms with E-state index in [1.54, 1.807) is 12.1 Å². The molecule has 0 saturated heterocycles. The average molecular weight is 308 g/mol. The van der Waals surface area contributed by atoms with Crippen LogP contribution in [0.2, 0.25) is 5.02 Å². The predicted molar refractivity (Wildman–Crippen MR) is 64.9 cm³/mol. The zero-order chi connectivity index (χ0) is 14.8. The Bertz CT molecular complexity index is 601. The van der Waals surface area contributed by atoms with Crippen LogP contribution in [0.1, 0.15) is 5.82 Å². The van der Waals surface area contributed by atoms with E-state index in [-0.39, 0.29) is 11.7 Å². The molecule has 108 valence electrons. The Morgan fingerprint density at radius 3 is 2.80 bits per heavy atom. The number of rotatable bonds is 4. The van der Waals surface area contributed by atoms with Crippen LogP contribution in [0.5, 0.6) is 0 Å². The van der Waals surface area contributed by atoms with Gasteiger partial charge in [0.2, 0.25) is 0 Å². The van der Waals surface area contributed by atoms with Crippen LogP contribution in [-0.4, -0.2) is 22.9 Å². The van der Waals surface area contributed by atoms with E-state index in [4.69, 9.17) is 21.9 Å². The molecule has 0 saturated carbocycles. The van der Waals surface area contributed by atoms with Gasteiger partial charge in [-0.1, -0.05) is 16.8 Å². The zero-order valence-electron chi connectivity index (χ0n) is 9.95. The van der Waals surface area contributed by atoms with Crippen molar-refractivity contribution in [2.45, 2.75) is 12.8 Å². The molecule has 0 fully saturated rings. The van der Waals surface area contributed by atoms with E-state index in [9.17, 15) is 13.2 Å². The lowest BCUT2D eigenvalue weighted by Gasteiger charge is -2.04. The Hall–Kier alpha value is -1.80. The van der Waals surface area contributed by atoms with E-state index in [1.807, 2.05) is 0 Å². The Labute approximate surface area is 116 Å². The number of hydrogen-bond acceptors (Lipinski definition) is 5. The highest BCUT2D eigenvalue weighted by molar-refractivity contribution is 6.31. The SMILES string of the molecule is Nc1ccc(Cl)cc1-c1nc(COCC(F)(F)F)no1. The number of nitrogens with zero attached hydrogens (tertiary/aromatic N) is 2. The molecule has 0 unspecified atom stereocenters. The average Bonchev–Trinajstić information content (AvgIpc) is 2.79. The molecule has 1 heterocycles. The first-order chi connectivity index (χ1) is 9.35. The summed E-state index contributed by atoms with van der Waals surface area (Å²) in [5.41, 5.74) is 6.49. The lowest BCUT2D eigenvalue weighted by Crippen LogP contribution is -2.16. The van der Waals surface area contributed by atoms with Crippen molar-refractivity contribution >= 4 is 17.3 Å². The maximum absolute atomic E-state index is 11.9. The quantitative estimate of drug-likeness (QED) is 0.879. The first-order valence-electron chi connectivity index (χ1n) is 5.37. The van der Waals surface area contributed by atoms with Crippen LogP contribution in [0.3, 0.4) is 0 Å². The number of hydrogen-bond donors (Lipinski definition) is 1. The topological polar surface area (TPSA) is 74.2 Å². The second-order valence-corrected chi connectivity index (χ2v) is 4.29. The van der Waals surface area contributed by atoms with E-state index in [1.165, 1.54) is 6.07 Å². The van der Waals surface area contributed by atoms with E-state index in [2.05, 4.69) is 14.9 Å². The molecule has 0 aliphatic rings. The molecule has 2 N–H and O–H groups in total. The molecular formula is C11H9ClF3N3O2. The number of nitrogens with two attached hydrogens (primary N) is 1. The van der Waals surface area contributed by atoms with Crippen molar-refractivity contribution in [3.8, 4) is 11.5 Å². The van der Waals surface area contributed by atoms with E-state index >= 15 is 0 Å². The Morgan fingerprint density at radius 1 is 1.35 bits per heavy atom. The van der Waals surface area contributed by atoms with Crippen molar-refractivity contribution in [2.24, 2.45) is 0 Å². The van der Waals surface area contributed by atoms with Crippen molar-refractivity contribution in [1.82, 2.24) is 10.1 Å². The van der Waals surface area contributed by atoms with E-state index in [0.29, 0.717) is 16.3 Å². The van der Waals surface area contributed by atoms with Crippen LogP contribution in [0.15, 0.2) is 22.7 Å². The fraction of sp³-hybridized carbons (Fsp3) is 0.273. The normalized spacial score (nSPS) is 11.8. The molecule has 0 spiro atoms.